The number of benzene rings is 2. The fourth-order valence-corrected chi connectivity index (χ4v) is 3.90. The Morgan fingerprint density at radius 2 is 1.77 bits per heavy atom. The molecule has 1 fully saturated rings. The predicted octanol–water partition coefficient (Wildman–Crippen LogP) is 6.40. The summed E-state index contributed by atoms with van der Waals surface area (Å²) in [5, 5.41) is 3.02. The Labute approximate surface area is 203 Å². The largest absolute Gasteiger partial charge is 0.435 e. The second kappa shape index (κ2) is 8.74. The van der Waals surface area contributed by atoms with Crippen LogP contribution in [0.5, 0.6) is 0 Å². The molecule has 188 valence electrons. The third kappa shape index (κ3) is 4.99. The number of nitrogens with zero attached hydrogens (tertiary/aromatic N) is 1. The molecule has 1 heterocycles. The molecular weight excluding hydrogens is 530 g/mol. The van der Waals surface area contributed by atoms with Crippen LogP contribution in [0.1, 0.15) is 29.5 Å². The van der Waals surface area contributed by atoms with Crippen LogP contribution in [0.15, 0.2) is 41.6 Å². The number of oxime groups is 1. The van der Waals surface area contributed by atoms with Crippen molar-refractivity contribution in [2.24, 2.45) is 11.1 Å². The fourth-order valence-electron chi connectivity index (χ4n) is 3.50. The minimum absolute atomic E-state index is 0.0721. The van der Waals surface area contributed by atoms with Gasteiger partial charge in [0.15, 0.2) is 0 Å². The van der Waals surface area contributed by atoms with Gasteiger partial charge in [0.2, 0.25) is 5.91 Å². The highest BCUT2D eigenvalue weighted by Gasteiger charge is 2.62. The number of halogens is 9. The van der Waals surface area contributed by atoms with Crippen molar-refractivity contribution in [2.45, 2.75) is 37.0 Å². The van der Waals surface area contributed by atoms with Gasteiger partial charge in [-0.05, 0) is 36.8 Å². The third-order valence-corrected chi connectivity index (χ3v) is 6.09. The van der Waals surface area contributed by atoms with E-state index >= 15 is 0 Å². The first-order valence-corrected chi connectivity index (χ1v) is 10.7. The highest BCUT2D eigenvalue weighted by atomic mass is 35.5. The van der Waals surface area contributed by atoms with Crippen LogP contribution in [0.4, 0.5) is 36.4 Å². The molecule has 0 unspecified atom stereocenters. The molecule has 14 heteroatoms. The summed E-state index contributed by atoms with van der Waals surface area (Å²) in [4.78, 5) is 16.6. The Morgan fingerprint density at radius 1 is 1.09 bits per heavy atom. The predicted molar refractivity (Wildman–Crippen MR) is 113 cm³/mol. The monoisotopic (exact) mass is 543 g/mol. The van der Waals surface area contributed by atoms with Crippen LogP contribution >= 0.6 is 23.2 Å². The molecule has 2 aliphatic rings. The average Bonchev–Trinajstić information content (AvgIpc) is 3.30. The van der Waals surface area contributed by atoms with E-state index in [1.165, 1.54) is 18.2 Å². The lowest BCUT2D eigenvalue weighted by Crippen LogP contribution is -2.43. The molecule has 2 aromatic carbocycles. The summed E-state index contributed by atoms with van der Waals surface area (Å²) < 4.78 is 95.2. The zero-order valence-electron chi connectivity index (χ0n) is 17.2. The standard InChI is InChI=1S/C21H14Cl2F7N3O2/c22-12-5-10(4-11(6-12)20(25,26)27)19(21(28,29)30)8-17(33-35-19)9-1-2-14(23)16(3-9)31-32-18(34)13-7-15(13)24/h1-6,13,15,31H,7-8H2,(H,32,34)/t13-,15+,19+/m0/s1. The van der Waals surface area contributed by atoms with E-state index in [1.54, 1.807) is 0 Å². The molecule has 35 heavy (non-hydrogen) atoms. The lowest BCUT2D eigenvalue weighted by atomic mass is 9.85. The second-order valence-electron chi connectivity index (χ2n) is 8.02. The van der Waals surface area contributed by atoms with Gasteiger partial charge in [-0.1, -0.05) is 34.4 Å². The molecule has 0 bridgehead atoms. The van der Waals surface area contributed by atoms with E-state index in [0.717, 1.165) is 6.07 Å². The van der Waals surface area contributed by atoms with Crippen LogP contribution in [0, 0.1) is 5.92 Å². The number of anilines is 1. The summed E-state index contributed by atoms with van der Waals surface area (Å²) in [7, 11) is 0. The van der Waals surface area contributed by atoms with Crippen molar-refractivity contribution in [1.82, 2.24) is 5.43 Å². The first kappa shape index (κ1) is 25.4. The maximum atomic E-state index is 14.2. The molecule has 0 saturated heterocycles. The van der Waals surface area contributed by atoms with Gasteiger partial charge in [0, 0.05) is 22.6 Å². The van der Waals surface area contributed by atoms with Crippen LogP contribution < -0.4 is 10.9 Å². The molecular formula is C21H14Cl2F7N3O2. The maximum absolute atomic E-state index is 14.2. The summed E-state index contributed by atoms with van der Waals surface area (Å²) in [6.45, 7) is 0. The van der Waals surface area contributed by atoms with Crippen LogP contribution in [0.2, 0.25) is 10.0 Å². The lowest BCUT2D eigenvalue weighted by molar-refractivity contribution is -0.276. The maximum Gasteiger partial charge on any atom is 0.435 e. The summed E-state index contributed by atoms with van der Waals surface area (Å²) >= 11 is 11.7. The number of hydrazine groups is 1. The molecule has 1 aliphatic carbocycles. The van der Waals surface area contributed by atoms with E-state index in [-0.39, 0.29) is 28.4 Å². The van der Waals surface area contributed by atoms with E-state index in [4.69, 9.17) is 28.0 Å². The van der Waals surface area contributed by atoms with E-state index in [9.17, 15) is 35.5 Å². The molecule has 0 aromatic heterocycles. The molecule has 2 aromatic rings. The van der Waals surface area contributed by atoms with Crippen LogP contribution in [-0.2, 0) is 21.4 Å². The highest BCUT2D eigenvalue weighted by molar-refractivity contribution is 6.33. The second-order valence-corrected chi connectivity index (χ2v) is 8.87. The van der Waals surface area contributed by atoms with Crippen molar-refractivity contribution in [3.63, 3.8) is 0 Å². The van der Waals surface area contributed by atoms with Gasteiger partial charge in [-0.15, -0.1) is 0 Å². The highest BCUT2D eigenvalue weighted by Crippen LogP contribution is 2.50. The SMILES string of the molecule is O=C(NNc1cc(C2=NO[C@](c3cc(Cl)cc(C(F)(F)F)c3)(C(F)(F)F)C2)ccc1Cl)[C@H]1C[C@H]1F. The van der Waals surface area contributed by atoms with E-state index in [0.29, 0.717) is 12.1 Å². The number of nitrogens with one attached hydrogen (secondary N) is 2. The number of alkyl halides is 7. The van der Waals surface area contributed by atoms with E-state index in [1.807, 2.05) is 0 Å². The molecule has 1 amide bonds. The van der Waals surface area contributed by atoms with Gasteiger partial charge in [-0.25, -0.2) is 4.39 Å². The van der Waals surface area contributed by atoms with Gasteiger partial charge in [-0.2, -0.15) is 26.3 Å². The van der Waals surface area contributed by atoms with Gasteiger partial charge in [-0.3, -0.25) is 15.6 Å². The fraction of sp³-hybridized carbons (Fsp3) is 0.333. The molecule has 5 nitrogen and oxygen atoms in total. The summed E-state index contributed by atoms with van der Waals surface area (Å²) in [6, 6.07) is 5.45. The smallest absolute Gasteiger partial charge is 0.374 e. The molecule has 1 saturated carbocycles. The summed E-state index contributed by atoms with van der Waals surface area (Å²) in [6.07, 6.45) is -12.2. The molecule has 2 N–H and O–H groups in total. The number of rotatable bonds is 5. The number of hydrogen-bond acceptors (Lipinski definition) is 4. The first-order chi connectivity index (χ1) is 16.2. The quantitative estimate of drug-likeness (QED) is 0.339. The van der Waals surface area contributed by atoms with Crippen molar-refractivity contribution < 1.29 is 40.4 Å². The van der Waals surface area contributed by atoms with Crippen molar-refractivity contribution >= 4 is 40.5 Å². The Balaban J connectivity index is 1.62. The van der Waals surface area contributed by atoms with E-state index < -0.39 is 58.5 Å². The minimum Gasteiger partial charge on any atom is -0.374 e. The zero-order valence-corrected chi connectivity index (χ0v) is 18.7. The molecule has 4 rings (SSSR count). The number of hydrogen-bond donors (Lipinski definition) is 2. The number of amides is 1. The van der Waals surface area contributed by atoms with Crippen molar-refractivity contribution in [2.75, 3.05) is 5.43 Å². The van der Waals surface area contributed by atoms with Crippen molar-refractivity contribution in [3.05, 3.63) is 63.1 Å². The Kier molecular flexibility index (Phi) is 6.33. The molecule has 0 radical (unpaired) electrons. The van der Waals surface area contributed by atoms with Gasteiger partial charge in [0.25, 0.3) is 5.60 Å². The molecule has 1 aliphatic heterocycles. The Bertz CT molecular complexity index is 1200. The van der Waals surface area contributed by atoms with E-state index in [2.05, 4.69) is 16.0 Å². The normalized spacial score (nSPS) is 24.0. The Morgan fingerprint density at radius 3 is 2.37 bits per heavy atom. The summed E-state index contributed by atoms with van der Waals surface area (Å²) in [5.74, 6) is -1.43. The van der Waals surface area contributed by atoms with Crippen molar-refractivity contribution in [3.8, 4) is 0 Å². The lowest BCUT2D eigenvalue weighted by Gasteiger charge is -2.30. The van der Waals surface area contributed by atoms with Gasteiger partial charge < -0.3 is 4.84 Å². The van der Waals surface area contributed by atoms with Crippen LogP contribution in [0.3, 0.4) is 0 Å². The Hall–Kier alpha value is -2.73. The van der Waals surface area contributed by atoms with Crippen LogP contribution in [-0.4, -0.2) is 24.0 Å². The minimum atomic E-state index is -5.17. The van der Waals surface area contributed by atoms with Crippen molar-refractivity contribution in [1.29, 1.82) is 0 Å². The topological polar surface area (TPSA) is 62.7 Å². The first-order valence-electron chi connectivity index (χ1n) is 9.91. The third-order valence-electron chi connectivity index (χ3n) is 5.55. The van der Waals surface area contributed by atoms with Gasteiger partial charge in [0.05, 0.1) is 27.9 Å². The summed E-state index contributed by atoms with van der Waals surface area (Å²) in [5.41, 5.74) is -0.818. The molecule has 3 atom stereocenters. The number of carbonyl (C=O) groups is 1. The average molecular weight is 544 g/mol. The van der Waals surface area contributed by atoms with Crippen LogP contribution in [0.25, 0.3) is 0 Å². The van der Waals surface area contributed by atoms with Gasteiger partial charge >= 0.3 is 12.4 Å². The zero-order chi connectivity index (χ0) is 25.8. The number of carbonyl (C=O) groups excluding carboxylic acids is 1. The molecule has 0 spiro atoms. The van der Waals surface area contributed by atoms with Gasteiger partial charge in [0.1, 0.15) is 6.17 Å².